The number of benzene rings is 1. The number of hydrogen-bond donors (Lipinski definition) is 0. The highest BCUT2D eigenvalue weighted by atomic mass is 32.9. The monoisotopic (exact) mass is 447 g/mol. The Labute approximate surface area is 170 Å². The minimum atomic E-state index is -2.68. The van der Waals surface area contributed by atoms with Gasteiger partial charge < -0.3 is 13.8 Å². The molecule has 0 radical (unpaired) electrons. The van der Waals surface area contributed by atoms with Crippen LogP contribution >= 0.6 is 17.1 Å². The minimum Gasteiger partial charge on any atom is -0.431 e. The van der Waals surface area contributed by atoms with Crippen molar-refractivity contribution in [1.29, 1.82) is 0 Å². The van der Waals surface area contributed by atoms with Crippen molar-refractivity contribution in [3.63, 3.8) is 0 Å². The Morgan fingerprint density at radius 2 is 1.89 bits per heavy atom. The van der Waals surface area contributed by atoms with Crippen molar-refractivity contribution in [2.75, 3.05) is 19.0 Å². The molecule has 28 heavy (non-hydrogen) atoms. The molecule has 0 fully saturated rings. The van der Waals surface area contributed by atoms with Gasteiger partial charge >= 0.3 is 5.97 Å². The van der Waals surface area contributed by atoms with E-state index in [1.54, 1.807) is 13.8 Å². The highest BCUT2D eigenvalue weighted by Gasteiger charge is 2.28. The maximum Gasteiger partial charge on any atom is 0.318 e. The summed E-state index contributed by atoms with van der Waals surface area (Å²) in [6, 6.07) is 4.88. The summed E-state index contributed by atoms with van der Waals surface area (Å²) in [6.45, 7) is 4.26. The molecule has 0 amide bonds. The third-order valence-electron chi connectivity index (χ3n) is 3.19. The van der Waals surface area contributed by atoms with Crippen molar-refractivity contribution in [2.45, 2.75) is 20.1 Å². The third kappa shape index (κ3) is 6.46. The van der Waals surface area contributed by atoms with E-state index in [0.717, 1.165) is 28.2 Å². The van der Waals surface area contributed by atoms with Gasteiger partial charge in [0, 0.05) is 5.56 Å². The Kier molecular flexibility index (Phi) is 8.71. The molecule has 0 saturated heterocycles. The second-order valence-corrected chi connectivity index (χ2v) is 11.5. The first-order valence-electron chi connectivity index (χ1n) is 8.25. The molecule has 1 heterocycles. The van der Waals surface area contributed by atoms with E-state index in [2.05, 4.69) is 10.1 Å². The van der Waals surface area contributed by atoms with Gasteiger partial charge in [0.2, 0.25) is 11.5 Å². The van der Waals surface area contributed by atoms with Gasteiger partial charge in [-0.2, -0.15) is 5.10 Å². The lowest BCUT2D eigenvalue weighted by molar-refractivity contribution is -0.148. The molecule has 0 aliphatic rings. The number of halogens is 1. The van der Waals surface area contributed by atoms with Gasteiger partial charge in [-0.3, -0.25) is 9.59 Å². The van der Waals surface area contributed by atoms with Crippen LogP contribution in [0.1, 0.15) is 30.4 Å². The number of Topliss-reactive ketones (excluding diaryl/α,β-unsaturated/α-hetero) is 1. The second-order valence-electron chi connectivity index (χ2n) is 5.15. The number of rotatable bonds is 11. The highest BCUT2D eigenvalue weighted by Crippen LogP contribution is 2.60. The maximum atomic E-state index is 13.1. The summed E-state index contributed by atoms with van der Waals surface area (Å²) >= 11 is 6.37. The quantitative estimate of drug-likeness (QED) is 0.292. The number of carbonyl (C=O) groups excluding carboxylic acids is 2. The predicted octanol–water partition coefficient (Wildman–Crippen LogP) is 3.37. The molecule has 0 aliphatic carbocycles. The molecule has 2 aromatic rings. The predicted molar refractivity (Wildman–Crippen MR) is 106 cm³/mol. The summed E-state index contributed by atoms with van der Waals surface area (Å²) < 4.78 is 30.4. The van der Waals surface area contributed by atoms with E-state index >= 15 is 0 Å². The van der Waals surface area contributed by atoms with E-state index in [4.69, 9.17) is 25.6 Å². The molecular weight excluding hydrogens is 428 g/mol. The van der Waals surface area contributed by atoms with Crippen LogP contribution in [0.15, 0.2) is 36.9 Å². The van der Waals surface area contributed by atoms with E-state index in [1.807, 2.05) is 0 Å². The molecule has 1 atom stereocenters. The van der Waals surface area contributed by atoms with Gasteiger partial charge in [0.1, 0.15) is 24.2 Å². The normalized spacial score (nSPS) is 12.5. The molecule has 1 aromatic carbocycles. The fraction of sp³-hybridized carbons (Fsp3) is 0.375. The number of ether oxygens (including phenoxy) is 1. The zero-order valence-electron chi connectivity index (χ0n) is 15.2. The van der Waals surface area contributed by atoms with Gasteiger partial charge in [-0.1, -0.05) is 11.4 Å². The Balaban J connectivity index is 2.10. The summed E-state index contributed by atoms with van der Waals surface area (Å²) in [5, 5.41) is 3.87. The van der Waals surface area contributed by atoms with Gasteiger partial charge in [-0.25, -0.2) is 14.1 Å². The van der Waals surface area contributed by atoms with Crippen LogP contribution in [-0.4, -0.2) is 45.5 Å². The molecule has 152 valence electrons. The number of carbonyl (C=O) groups is 2. The summed E-state index contributed by atoms with van der Waals surface area (Å²) in [7, 11) is 0. The fourth-order valence-corrected chi connectivity index (χ4v) is 6.21. The molecular formula is C16H19FN3O5PS2. The number of nitrogens with zero attached hydrogens (tertiary/aromatic N) is 3. The van der Waals surface area contributed by atoms with Crippen LogP contribution in [0.3, 0.4) is 0 Å². The van der Waals surface area contributed by atoms with Crippen LogP contribution in [0.5, 0.6) is 0 Å². The zero-order chi connectivity index (χ0) is 20.6. The minimum absolute atomic E-state index is 0.163. The van der Waals surface area contributed by atoms with Crippen molar-refractivity contribution in [2.24, 2.45) is 0 Å². The molecule has 0 N–H and O–H groups in total. The van der Waals surface area contributed by atoms with Crippen molar-refractivity contribution in [3.8, 4) is 0 Å². The lowest BCUT2D eigenvalue weighted by Crippen LogP contribution is -2.27. The average molecular weight is 447 g/mol. The molecule has 0 aliphatic heterocycles. The van der Waals surface area contributed by atoms with E-state index in [9.17, 15) is 14.0 Å². The highest BCUT2D eigenvalue weighted by molar-refractivity contribution is 8.68. The maximum absolute atomic E-state index is 13.1. The molecule has 0 bridgehead atoms. The van der Waals surface area contributed by atoms with Crippen LogP contribution in [0.4, 0.5) is 4.39 Å². The van der Waals surface area contributed by atoms with Gasteiger partial charge in [0.15, 0.2) is 0 Å². The fourth-order valence-electron chi connectivity index (χ4n) is 2.04. The topological polar surface area (TPSA) is 92.5 Å². The number of hydrogen-bond acceptors (Lipinski definition) is 9. The molecule has 2 rings (SSSR count). The van der Waals surface area contributed by atoms with Gasteiger partial charge in [0.25, 0.3) is 6.23 Å². The molecule has 0 spiro atoms. The first-order valence-corrected chi connectivity index (χ1v) is 12.5. The van der Waals surface area contributed by atoms with E-state index < -0.39 is 29.5 Å². The van der Waals surface area contributed by atoms with Crippen LogP contribution < -0.4 is 0 Å². The van der Waals surface area contributed by atoms with Gasteiger partial charge in [0.05, 0.1) is 13.2 Å². The number of ketones is 1. The summed E-state index contributed by atoms with van der Waals surface area (Å²) in [5.74, 6) is -1.92. The smallest absolute Gasteiger partial charge is 0.318 e. The molecule has 1 aromatic heterocycles. The molecule has 1 unspecified atom stereocenters. The van der Waals surface area contributed by atoms with Crippen LogP contribution in [0.2, 0.25) is 0 Å². The second kappa shape index (κ2) is 10.8. The van der Waals surface area contributed by atoms with Crippen LogP contribution in [-0.2, 0) is 30.4 Å². The Morgan fingerprint density at radius 1 is 1.25 bits per heavy atom. The lowest BCUT2D eigenvalue weighted by Gasteiger charge is -2.20. The van der Waals surface area contributed by atoms with Gasteiger partial charge in [-0.15, -0.1) is 0 Å². The SMILES string of the molecule is CCOP(=S)(OCC)SCC(=O)OC(C(=O)c1ccc(F)cc1)n1cncn1. The largest absolute Gasteiger partial charge is 0.431 e. The molecule has 0 saturated carbocycles. The van der Waals surface area contributed by atoms with Gasteiger partial charge in [-0.05, 0) is 49.9 Å². The average Bonchev–Trinajstić information content (AvgIpc) is 3.19. The van der Waals surface area contributed by atoms with E-state index in [1.165, 1.54) is 24.8 Å². The number of aromatic nitrogens is 3. The van der Waals surface area contributed by atoms with Crippen molar-refractivity contribution in [3.05, 3.63) is 48.3 Å². The Morgan fingerprint density at radius 3 is 2.43 bits per heavy atom. The summed E-state index contributed by atoms with van der Waals surface area (Å²) in [5.41, 5.74) is -2.51. The molecule has 8 nitrogen and oxygen atoms in total. The van der Waals surface area contributed by atoms with Crippen molar-refractivity contribution in [1.82, 2.24) is 14.8 Å². The van der Waals surface area contributed by atoms with E-state index in [0.29, 0.717) is 13.2 Å². The van der Waals surface area contributed by atoms with Crippen LogP contribution in [0.25, 0.3) is 0 Å². The first-order chi connectivity index (χ1) is 13.4. The van der Waals surface area contributed by atoms with Crippen LogP contribution in [0, 0.1) is 5.82 Å². The third-order valence-corrected chi connectivity index (χ3v) is 8.57. The summed E-state index contributed by atoms with van der Waals surface area (Å²) in [4.78, 5) is 28.8. The lowest BCUT2D eigenvalue weighted by atomic mass is 10.1. The first kappa shape index (κ1) is 22.6. The van der Waals surface area contributed by atoms with E-state index in [-0.39, 0.29) is 11.3 Å². The summed E-state index contributed by atoms with van der Waals surface area (Å²) in [6.07, 6.45) is 1.08. The standard InChI is InChI=1S/C16H19FN3O5PS2/c1-3-23-26(27,24-4-2)28-9-14(21)25-16(20-11-18-10-19-20)15(22)12-5-7-13(17)8-6-12/h5-8,10-11,16H,3-4,9H2,1-2H3. The number of esters is 1. The van der Waals surface area contributed by atoms with Crippen molar-refractivity contribution >= 4 is 40.6 Å². The molecule has 12 heteroatoms. The Bertz CT molecular complexity index is 825. The van der Waals surface area contributed by atoms with Crippen molar-refractivity contribution < 1.29 is 27.8 Å². The zero-order valence-corrected chi connectivity index (χ0v) is 17.7. The Hall–Kier alpha value is -1.65.